The molecule has 1 fully saturated rings. The van der Waals surface area contributed by atoms with E-state index >= 15 is 0 Å². The Morgan fingerprint density at radius 2 is 1.58 bits per heavy atom. The molecule has 0 unspecified atom stereocenters. The Bertz CT molecular complexity index is 1540. The van der Waals surface area contributed by atoms with E-state index in [2.05, 4.69) is 15.6 Å². The number of rotatable bonds is 8. The normalized spacial score (nSPS) is 13.5. The van der Waals surface area contributed by atoms with E-state index in [9.17, 15) is 14.0 Å². The van der Waals surface area contributed by atoms with Gasteiger partial charge < -0.3 is 24.8 Å². The third-order valence-corrected chi connectivity index (χ3v) is 6.66. The van der Waals surface area contributed by atoms with Crippen molar-refractivity contribution in [1.82, 2.24) is 4.98 Å². The Hall–Kier alpha value is -4.37. The van der Waals surface area contributed by atoms with Crippen LogP contribution in [0.1, 0.15) is 12.8 Å². The SMILES string of the molecule is COc1cc2nccc(Oc3ccc(NC(=O)C4(C(=O)Nc5ccc(F)cc5)CC4)c(Cl)c3)c2cc1OC. The third-order valence-electron chi connectivity index (χ3n) is 6.34. The van der Waals surface area contributed by atoms with Gasteiger partial charge >= 0.3 is 0 Å². The highest BCUT2D eigenvalue weighted by Crippen LogP contribution is 2.48. The van der Waals surface area contributed by atoms with Gasteiger partial charge in [0.2, 0.25) is 11.8 Å². The Labute approximate surface area is 222 Å². The molecule has 8 nitrogen and oxygen atoms in total. The number of carbonyl (C=O) groups is 2. The van der Waals surface area contributed by atoms with Gasteiger partial charge in [-0.1, -0.05) is 11.6 Å². The van der Waals surface area contributed by atoms with Crippen LogP contribution in [0.4, 0.5) is 15.8 Å². The molecule has 10 heteroatoms. The van der Waals surface area contributed by atoms with Crippen LogP contribution in [0.3, 0.4) is 0 Å². The second-order valence-corrected chi connectivity index (χ2v) is 9.18. The zero-order valence-electron chi connectivity index (χ0n) is 20.5. The molecule has 0 aliphatic heterocycles. The Kier molecular flexibility index (Phi) is 6.77. The first-order valence-electron chi connectivity index (χ1n) is 11.7. The molecule has 1 saturated carbocycles. The Morgan fingerprint density at radius 1 is 0.895 bits per heavy atom. The van der Waals surface area contributed by atoms with Crippen molar-refractivity contribution in [2.24, 2.45) is 5.41 Å². The molecule has 1 aromatic heterocycles. The molecular formula is C28H23ClFN3O5. The summed E-state index contributed by atoms with van der Waals surface area (Å²) in [6.07, 6.45) is 2.41. The van der Waals surface area contributed by atoms with Gasteiger partial charge in [0, 0.05) is 29.4 Å². The number of amides is 2. The molecule has 0 bridgehead atoms. The number of hydrogen-bond acceptors (Lipinski definition) is 6. The number of ether oxygens (including phenoxy) is 3. The van der Waals surface area contributed by atoms with Crippen LogP contribution in [0.15, 0.2) is 66.9 Å². The van der Waals surface area contributed by atoms with E-state index in [1.54, 1.807) is 56.8 Å². The summed E-state index contributed by atoms with van der Waals surface area (Å²) in [5, 5.41) is 6.38. The van der Waals surface area contributed by atoms with E-state index in [4.69, 9.17) is 25.8 Å². The first-order valence-corrected chi connectivity index (χ1v) is 12.1. The number of hydrogen-bond donors (Lipinski definition) is 2. The molecule has 3 aromatic carbocycles. The number of methoxy groups -OCH3 is 2. The van der Waals surface area contributed by atoms with Crippen LogP contribution in [0.2, 0.25) is 5.02 Å². The smallest absolute Gasteiger partial charge is 0.240 e. The number of carbonyl (C=O) groups excluding carboxylic acids is 2. The summed E-state index contributed by atoms with van der Waals surface area (Å²) in [5.41, 5.74) is 0.206. The van der Waals surface area contributed by atoms with Crippen LogP contribution < -0.4 is 24.8 Å². The third kappa shape index (κ3) is 4.92. The van der Waals surface area contributed by atoms with Gasteiger partial charge in [0.05, 0.1) is 30.4 Å². The number of halogens is 2. The van der Waals surface area contributed by atoms with Gasteiger partial charge in [0.15, 0.2) is 11.5 Å². The topological polar surface area (TPSA) is 98.8 Å². The molecule has 2 N–H and O–H groups in total. The average molecular weight is 536 g/mol. The van der Waals surface area contributed by atoms with Gasteiger partial charge in [-0.3, -0.25) is 14.6 Å². The van der Waals surface area contributed by atoms with E-state index in [1.165, 1.54) is 24.3 Å². The van der Waals surface area contributed by atoms with Gasteiger partial charge in [-0.2, -0.15) is 0 Å². The highest BCUT2D eigenvalue weighted by atomic mass is 35.5. The summed E-state index contributed by atoms with van der Waals surface area (Å²) in [4.78, 5) is 30.2. The molecule has 1 aliphatic rings. The fourth-order valence-electron chi connectivity index (χ4n) is 4.03. The van der Waals surface area contributed by atoms with Gasteiger partial charge in [0.1, 0.15) is 22.7 Å². The molecule has 0 saturated heterocycles. The van der Waals surface area contributed by atoms with Crippen molar-refractivity contribution in [2.75, 3.05) is 24.9 Å². The van der Waals surface area contributed by atoms with Crippen molar-refractivity contribution < 1.29 is 28.2 Å². The summed E-state index contributed by atoms with van der Waals surface area (Å²) >= 11 is 6.46. The maximum atomic E-state index is 13.1. The van der Waals surface area contributed by atoms with Crippen molar-refractivity contribution in [3.05, 3.63) is 77.7 Å². The summed E-state index contributed by atoms with van der Waals surface area (Å²) < 4.78 is 30.0. The first kappa shape index (κ1) is 25.3. The molecule has 194 valence electrons. The zero-order valence-corrected chi connectivity index (χ0v) is 21.3. The summed E-state index contributed by atoms with van der Waals surface area (Å²) in [6.45, 7) is 0. The van der Waals surface area contributed by atoms with Crippen molar-refractivity contribution in [3.8, 4) is 23.0 Å². The zero-order chi connectivity index (χ0) is 26.9. The monoisotopic (exact) mass is 535 g/mol. The van der Waals surface area contributed by atoms with Crippen LogP contribution in [-0.2, 0) is 9.59 Å². The molecule has 2 amide bonds. The molecule has 0 spiro atoms. The minimum atomic E-state index is -1.21. The largest absolute Gasteiger partial charge is 0.493 e. The second-order valence-electron chi connectivity index (χ2n) is 8.77. The Morgan fingerprint density at radius 3 is 2.24 bits per heavy atom. The molecule has 38 heavy (non-hydrogen) atoms. The summed E-state index contributed by atoms with van der Waals surface area (Å²) in [6, 6.07) is 15.4. The highest BCUT2D eigenvalue weighted by molar-refractivity contribution is 6.34. The van der Waals surface area contributed by atoms with Crippen molar-refractivity contribution in [2.45, 2.75) is 12.8 Å². The van der Waals surface area contributed by atoms with Gasteiger partial charge in [-0.15, -0.1) is 0 Å². The van der Waals surface area contributed by atoms with Crippen LogP contribution in [0.25, 0.3) is 10.9 Å². The van der Waals surface area contributed by atoms with Crippen LogP contribution in [0, 0.1) is 11.2 Å². The van der Waals surface area contributed by atoms with Gasteiger partial charge in [-0.05, 0) is 61.4 Å². The fraction of sp³-hybridized carbons (Fsp3) is 0.179. The van der Waals surface area contributed by atoms with Crippen LogP contribution >= 0.6 is 11.6 Å². The predicted octanol–water partition coefficient (Wildman–Crippen LogP) is 6.19. The molecule has 4 aromatic rings. The van der Waals surface area contributed by atoms with Gasteiger partial charge in [-0.25, -0.2) is 4.39 Å². The maximum Gasteiger partial charge on any atom is 0.240 e. The van der Waals surface area contributed by atoms with E-state index in [-0.39, 0.29) is 5.02 Å². The number of nitrogens with zero attached hydrogens (tertiary/aromatic N) is 1. The summed E-state index contributed by atoms with van der Waals surface area (Å²) in [5.74, 6) is 0.715. The lowest BCUT2D eigenvalue weighted by molar-refractivity contribution is -0.131. The van der Waals surface area contributed by atoms with E-state index in [1.807, 2.05) is 0 Å². The lowest BCUT2D eigenvalue weighted by Crippen LogP contribution is -2.35. The molecular weight excluding hydrogens is 513 g/mol. The lowest BCUT2D eigenvalue weighted by atomic mass is 10.0. The van der Waals surface area contributed by atoms with Gasteiger partial charge in [0.25, 0.3) is 0 Å². The molecule has 0 atom stereocenters. The van der Waals surface area contributed by atoms with Crippen molar-refractivity contribution in [3.63, 3.8) is 0 Å². The fourth-order valence-corrected chi connectivity index (χ4v) is 4.25. The number of nitrogens with one attached hydrogen (secondary N) is 2. The quantitative estimate of drug-likeness (QED) is 0.261. The summed E-state index contributed by atoms with van der Waals surface area (Å²) in [7, 11) is 3.10. The maximum absolute atomic E-state index is 13.1. The molecule has 0 radical (unpaired) electrons. The average Bonchev–Trinajstić information content (AvgIpc) is 3.73. The molecule has 5 rings (SSSR count). The van der Waals surface area contributed by atoms with E-state index in [0.29, 0.717) is 58.1 Å². The molecule has 1 heterocycles. The standard InChI is InChI=1S/C28H23ClFN3O5/c1-36-24-14-19-22(15-25(24)37-2)31-12-9-23(19)38-18-7-8-21(20(29)13-18)33-27(35)28(10-11-28)26(34)32-17-5-3-16(30)4-6-17/h3-9,12-15H,10-11H2,1-2H3,(H,32,34)(H,33,35). The number of pyridine rings is 1. The predicted molar refractivity (Wildman–Crippen MR) is 142 cm³/mol. The van der Waals surface area contributed by atoms with Crippen molar-refractivity contribution >= 4 is 45.7 Å². The highest BCUT2D eigenvalue weighted by Gasteiger charge is 2.56. The number of benzene rings is 3. The van der Waals surface area contributed by atoms with E-state index in [0.717, 1.165) is 0 Å². The number of anilines is 2. The van der Waals surface area contributed by atoms with Crippen LogP contribution in [-0.4, -0.2) is 31.0 Å². The van der Waals surface area contributed by atoms with Crippen molar-refractivity contribution in [1.29, 1.82) is 0 Å². The first-order chi connectivity index (χ1) is 18.3. The lowest BCUT2D eigenvalue weighted by Gasteiger charge is -2.17. The van der Waals surface area contributed by atoms with E-state index < -0.39 is 23.0 Å². The minimum Gasteiger partial charge on any atom is -0.493 e. The number of fused-ring (bicyclic) bond motifs is 1. The second kappa shape index (κ2) is 10.2. The molecule has 1 aliphatic carbocycles. The number of aromatic nitrogens is 1. The van der Waals surface area contributed by atoms with Crippen LogP contribution in [0.5, 0.6) is 23.0 Å². The Balaban J connectivity index is 1.31. The minimum absolute atomic E-state index is 0.239.